The molecule has 24 heavy (non-hydrogen) atoms. The first-order valence-electron chi connectivity index (χ1n) is 7.49. The van der Waals surface area contributed by atoms with Gasteiger partial charge in [-0.3, -0.25) is 14.9 Å². The fourth-order valence-corrected chi connectivity index (χ4v) is 2.20. The molecule has 0 unspecified atom stereocenters. The number of rotatable bonds is 7. The number of carbonyl (C=O) groups is 1. The predicted octanol–water partition coefficient (Wildman–Crippen LogP) is 4.68. The van der Waals surface area contributed by atoms with Crippen LogP contribution in [0.5, 0.6) is 5.75 Å². The molecule has 126 valence electrons. The first-order valence-corrected chi connectivity index (χ1v) is 7.87. The second-order valence-corrected chi connectivity index (χ2v) is 5.51. The van der Waals surface area contributed by atoms with Crippen LogP contribution in [-0.2, 0) is 0 Å². The van der Waals surface area contributed by atoms with Crippen molar-refractivity contribution < 1.29 is 14.5 Å². The van der Waals surface area contributed by atoms with Crippen molar-refractivity contribution in [2.24, 2.45) is 0 Å². The summed E-state index contributed by atoms with van der Waals surface area (Å²) in [5.74, 6) is 0.126. The third kappa shape index (κ3) is 4.70. The van der Waals surface area contributed by atoms with E-state index in [1.165, 1.54) is 12.1 Å². The Morgan fingerprint density at radius 1 is 1.29 bits per heavy atom. The van der Waals surface area contributed by atoms with E-state index in [0.29, 0.717) is 18.0 Å². The molecule has 0 heterocycles. The van der Waals surface area contributed by atoms with Crippen molar-refractivity contribution in [1.82, 2.24) is 0 Å². The zero-order valence-electron chi connectivity index (χ0n) is 13.1. The Hall–Kier alpha value is -2.60. The second kappa shape index (κ2) is 8.31. The molecule has 2 rings (SSSR count). The molecule has 0 aromatic heterocycles. The van der Waals surface area contributed by atoms with Gasteiger partial charge in [0.25, 0.3) is 11.6 Å². The number of anilines is 1. The molecular weight excluding hydrogens is 332 g/mol. The lowest BCUT2D eigenvalue weighted by molar-refractivity contribution is -0.384. The summed E-state index contributed by atoms with van der Waals surface area (Å²) in [6.45, 7) is 2.67. The summed E-state index contributed by atoms with van der Waals surface area (Å²) in [4.78, 5) is 22.6. The highest BCUT2D eigenvalue weighted by Crippen LogP contribution is 2.24. The third-order valence-corrected chi connectivity index (χ3v) is 3.59. The van der Waals surface area contributed by atoms with Gasteiger partial charge in [0.15, 0.2) is 0 Å². The lowest BCUT2D eigenvalue weighted by Crippen LogP contribution is -2.13. The van der Waals surface area contributed by atoms with Crippen LogP contribution >= 0.6 is 11.6 Å². The van der Waals surface area contributed by atoms with E-state index in [1.807, 2.05) is 0 Å². The van der Waals surface area contributed by atoms with Gasteiger partial charge in [-0.1, -0.05) is 31.0 Å². The molecule has 1 N–H and O–H groups in total. The average molecular weight is 349 g/mol. The van der Waals surface area contributed by atoms with E-state index in [2.05, 4.69) is 12.2 Å². The maximum atomic E-state index is 12.3. The number of ether oxygens (including phenoxy) is 1. The molecule has 7 heteroatoms. The van der Waals surface area contributed by atoms with Crippen molar-refractivity contribution in [2.45, 2.75) is 19.8 Å². The summed E-state index contributed by atoms with van der Waals surface area (Å²) in [6.07, 6.45) is 1.97. The molecule has 0 radical (unpaired) electrons. The summed E-state index contributed by atoms with van der Waals surface area (Å²) in [5.41, 5.74) is 0.376. The number of nitro groups is 1. The number of nitrogens with one attached hydrogen (secondary N) is 1. The summed E-state index contributed by atoms with van der Waals surface area (Å²) < 4.78 is 5.58. The van der Waals surface area contributed by atoms with Crippen LogP contribution in [0.25, 0.3) is 0 Å². The summed E-state index contributed by atoms with van der Waals surface area (Å²) in [6, 6.07) is 10.7. The third-order valence-electron chi connectivity index (χ3n) is 3.26. The monoisotopic (exact) mass is 348 g/mol. The fraction of sp³-hybridized carbons (Fsp3) is 0.235. The van der Waals surface area contributed by atoms with Gasteiger partial charge in [0.1, 0.15) is 5.75 Å². The van der Waals surface area contributed by atoms with E-state index in [1.54, 1.807) is 24.3 Å². The summed E-state index contributed by atoms with van der Waals surface area (Å²) >= 11 is 5.97. The fourth-order valence-electron chi connectivity index (χ4n) is 2.00. The molecule has 0 spiro atoms. The number of nitro benzene ring substituents is 1. The van der Waals surface area contributed by atoms with Crippen LogP contribution in [0, 0.1) is 10.1 Å². The Bertz CT molecular complexity index is 749. The van der Waals surface area contributed by atoms with E-state index in [9.17, 15) is 14.9 Å². The van der Waals surface area contributed by atoms with E-state index in [-0.39, 0.29) is 16.3 Å². The Morgan fingerprint density at radius 3 is 2.79 bits per heavy atom. The van der Waals surface area contributed by atoms with Crippen LogP contribution in [0.3, 0.4) is 0 Å². The van der Waals surface area contributed by atoms with Crippen LogP contribution < -0.4 is 10.1 Å². The molecule has 0 aliphatic rings. The molecule has 6 nitrogen and oxygen atoms in total. The molecule has 0 saturated heterocycles. The van der Waals surface area contributed by atoms with Gasteiger partial charge in [0, 0.05) is 23.9 Å². The number of nitrogens with zero attached hydrogens (tertiary/aromatic N) is 1. The highest BCUT2D eigenvalue weighted by atomic mass is 35.5. The number of carbonyl (C=O) groups excluding carboxylic acids is 1. The highest BCUT2D eigenvalue weighted by Gasteiger charge is 2.16. The lowest BCUT2D eigenvalue weighted by atomic mass is 10.2. The van der Waals surface area contributed by atoms with Gasteiger partial charge in [-0.2, -0.15) is 0 Å². The van der Waals surface area contributed by atoms with Crippen molar-refractivity contribution in [2.75, 3.05) is 11.9 Å². The normalized spacial score (nSPS) is 10.2. The number of unbranched alkanes of at least 4 members (excludes halogenated alkanes) is 1. The molecule has 0 fully saturated rings. The summed E-state index contributed by atoms with van der Waals surface area (Å²) in [7, 11) is 0. The van der Waals surface area contributed by atoms with Crippen LogP contribution in [0.15, 0.2) is 42.5 Å². The number of non-ortho nitro benzene ring substituents is 1. The lowest BCUT2D eigenvalue weighted by Gasteiger charge is -2.09. The van der Waals surface area contributed by atoms with Crippen molar-refractivity contribution in [3.8, 4) is 5.75 Å². The zero-order chi connectivity index (χ0) is 17.5. The van der Waals surface area contributed by atoms with Gasteiger partial charge in [0.05, 0.1) is 22.1 Å². The highest BCUT2D eigenvalue weighted by molar-refractivity contribution is 6.34. The maximum Gasteiger partial charge on any atom is 0.270 e. The first-order chi connectivity index (χ1) is 11.5. The minimum atomic E-state index is -0.574. The quantitative estimate of drug-likeness (QED) is 0.447. The molecule has 2 aromatic carbocycles. The molecule has 0 bridgehead atoms. The average Bonchev–Trinajstić information content (AvgIpc) is 2.55. The minimum Gasteiger partial charge on any atom is -0.494 e. The molecule has 0 aliphatic carbocycles. The van der Waals surface area contributed by atoms with E-state index in [0.717, 1.165) is 18.9 Å². The molecular formula is C17H17ClN2O4. The van der Waals surface area contributed by atoms with Crippen LogP contribution in [-0.4, -0.2) is 17.4 Å². The van der Waals surface area contributed by atoms with Gasteiger partial charge in [-0.25, -0.2) is 0 Å². The predicted molar refractivity (Wildman–Crippen MR) is 92.9 cm³/mol. The van der Waals surface area contributed by atoms with Gasteiger partial charge < -0.3 is 10.1 Å². The van der Waals surface area contributed by atoms with E-state index in [4.69, 9.17) is 16.3 Å². The Kier molecular flexibility index (Phi) is 6.14. The van der Waals surface area contributed by atoms with Crippen LogP contribution in [0.4, 0.5) is 11.4 Å². The number of hydrogen-bond acceptors (Lipinski definition) is 4. The Balaban J connectivity index is 2.13. The molecule has 0 saturated carbocycles. The van der Waals surface area contributed by atoms with Crippen LogP contribution in [0.2, 0.25) is 5.02 Å². The smallest absolute Gasteiger partial charge is 0.270 e. The topological polar surface area (TPSA) is 81.5 Å². The van der Waals surface area contributed by atoms with Gasteiger partial charge in [0.2, 0.25) is 0 Å². The number of halogens is 1. The molecule has 2 aromatic rings. The molecule has 0 atom stereocenters. The SMILES string of the molecule is CCCCOc1cccc(NC(=O)c2cc([N+](=O)[O-])ccc2Cl)c1. The number of hydrogen-bond donors (Lipinski definition) is 1. The van der Waals surface area contributed by atoms with Gasteiger partial charge >= 0.3 is 0 Å². The Morgan fingerprint density at radius 2 is 2.08 bits per heavy atom. The van der Waals surface area contributed by atoms with E-state index < -0.39 is 10.8 Å². The van der Waals surface area contributed by atoms with Gasteiger partial charge in [-0.05, 0) is 24.6 Å². The standard InChI is InChI=1S/C17H17ClN2O4/c1-2-3-9-24-14-6-4-5-12(10-14)19-17(21)15-11-13(20(22)23)7-8-16(15)18/h4-8,10-11H,2-3,9H2,1H3,(H,19,21). The van der Waals surface area contributed by atoms with E-state index >= 15 is 0 Å². The molecule has 1 amide bonds. The number of benzene rings is 2. The second-order valence-electron chi connectivity index (χ2n) is 5.11. The molecule has 0 aliphatic heterocycles. The van der Waals surface area contributed by atoms with Crippen molar-refractivity contribution in [3.05, 3.63) is 63.2 Å². The van der Waals surface area contributed by atoms with Crippen molar-refractivity contribution in [3.63, 3.8) is 0 Å². The first kappa shape index (κ1) is 17.7. The van der Waals surface area contributed by atoms with Crippen molar-refractivity contribution in [1.29, 1.82) is 0 Å². The summed E-state index contributed by atoms with van der Waals surface area (Å²) in [5, 5.41) is 13.6. The largest absolute Gasteiger partial charge is 0.494 e. The number of amides is 1. The Labute approximate surface area is 144 Å². The maximum absolute atomic E-state index is 12.3. The van der Waals surface area contributed by atoms with Crippen molar-refractivity contribution >= 4 is 28.9 Å². The zero-order valence-corrected chi connectivity index (χ0v) is 13.9. The minimum absolute atomic E-state index is 0.0446. The van der Waals surface area contributed by atoms with Crippen LogP contribution in [0.1, 0.15) is 30.1 Å². The van der Waals surface area contributed by atoms with Gasteiger partial charge in [-0.15, -0.1) is 0 Å².